The molecule has 3 heterocycles. The average Bonchev–Trinajstić information content (AvgIpc) is 2.66. The van der Waals surface area contributed by atoms with E-state index in [-0.39, 0.29) is 23.3 Å². The molecule has 0 saturated carbocycles. The lowest BCUT2D eigenvalue weighted by molar-refractivity contribution is 0.0586. The average molecular weight is 520 g/mol. The van der Waals surface area contributed by atoms with Gasteiger partial charge in [-0.05, 0) is 46.5 Å². The van der Waals surface area contributed by atoms with Crippen LogP contribution in [-0.2, 0) is 6.54 Å². The summed E-state index contributed by atoms with van der Waals surface area (Å²) in [5.41, 5.74) is 1.49. The summed E-state index contributed by atoms with van der Waals surface area (Å²) < 4.78 is 0.809. The van der Waals surface area contributed by atoms with Gasteiger partial charge in [0.25, 0.3) is 11.5 Å². The normalized spacial score (nSPS) is 22.6. The lowest BCUT2D eigenvalue weighted by atomic mass is 9.83. The van der Waals surface area contributed by atoms with E-state index in [4.69, 9.17) is 34.8 Å². The largest absolute Gasteiger partial charge is 0.332 e. The highest BCUT2D eigenvalue weighted by molar-refractivity contribution is 9.10. The van der Waals surface area contributed by atoms with Crippen molar-refractivity contribution in [3.8, 4) is 0 Å². The number of aromatic nitrogens is 1. The molecular weight excluding hydrogens is 501 g/mol. The molecular formula is C20H19BrCl3N3O2. The zero-order valence-corrected chi connectivity index (χ0v) is 19.2. The number of carbonyl (C=O) groups is 1. The van der Waals surface area contributed by atoms with Crippen LogP contribution in [-0.4, -0.2) is 38.4 Å². The standard InChI is InChI=1S/C20H19BrCl3N3O2/c21-15-5-2-1-4-14(15)18(29)25-19(20(22,23)24)26-9-12-8-13(11-26)16-6-3-7-17(28)27(16)10-12/h1-7,12-13,19H,8-11H2,(H,25,29)/t12-,13+,19-/m0/s1. The number of nitrogens with zero attached hydrogens (tertiary/aromatic N) is 2. The summed E-state index contributed by atoms with van der Waals surface area (Å²) in [4.78, 5) is 27.1. The van der Waals surface area contributed by atoms with Gasteiger partial charge in [0, 0.05) is 41.8 Å². The quantitative estimate of drug-likeness (QED) is 0.620. The molecule has 2 bridgehead atoms. The maximum atomic E-state index is 12.9. The molecule has 1 N–H and O–H groups in total. The van der Waals surface area contributed by atoms with E-state index in [1.165, 1.54) is 0 Å². The molecule has 2 aromatic rings. The van der Waals surface area contributed by atoms with Crippen LogP contribution in [0.4, 0.5) is 0 Å². The highest BCUT2D eigenvalue weighted by Crippen LogP contribution is 2.40. The van der Waals surface area contributed by atoms with Crippen molar-refractivity contribution in [3.05, 3.63) is 68.5 Å². The molecule has 0 aliphatic carbocycles. The molecule has 1 aromatic heterocycles. The summed E-state index contributed by atoms with van der Waals surface area (Å²) >= 11 is 22.3. The Bertz CT molecular complexity index is 991. The first-order valence-electron chi connectivity index (χ1n) is 9.30. The molecule has 0 radical (unpaired) electrons. The third-order valence-corrected chi connectivity index (χ3v) is 6.88. The molecule has 4 rings (SSSR count). The second-order valence-electron chi connectivity index (χ2n) is 7.55. The maximum Gasteiger partial charge on any atom is 0.253 e. The van der Waals surface area contributed by atoms with Crippen LogP contribution in [0.1, 0.15) is 28.4 Å². The van der Waals surface area contributed by atoms with Crippen LogP contribution in [0.2, 0.25) is 0 Å². The van der Waals surface area contributed by atoms with Crippen molar-refractivity contribution < 1.29 is 4.79 Å². The van der Waals surface area contributed by atoms with E-state index in [9.17, 15) is 9.59 Å². The maximum absolute atomic E-state index is 12.9. The van der Waals surface area contributed by atoms with E-state index in [2.05, 4.69) is 21.2 Å². The van der Waals surface area contributed by atoms with Crippen LogP contribution >= 0.6 is 50.7 Å². The minimum absolute atomic E-state index is 0.0193. The van der Waals surface area contributed by atoms with Crippen LogP contribution < -0.4 is 10.9 Å². The van der Waals surface area contributed by atoms with Crippen LogP contribution in [0.15, 0.2) is 51.7 Å². The van der Waals surface area contributed by atoms with Crippen LogP contribution in [0.5, 0.6) is 0 Å². The van der Waals surface area contributed by atoms with Crippen molar-refractivity contribution >= 4 is 56.6 Å². The lowest BCUT2D eigenvalue weighted by Crippen LogP contribution is -2.60. The molecule has 1 amide bonds. The van der Waals surface area contributed by atoms with Gasteiger partial charge in [0.15, 0.2) is 0 Å². The molecule has 29 heavy (non-hydrogen) atoms. The summed E-state index contributed by atoms with van der Waals surface area (Å²) in [6.07, 6.45) is 0.185. The minimum atomic E-state index is -1.71. The fourth-order valence-electron chi connectivity index (χ4n) is 4.37. The molecule has 0 spiro atoms. The first kappa shape index (κ1) is 21.2. The molecule has 1 aromatic carbocycles. The van der Waals surface area contributed by atoms with Crippen molar-refractivity contribution in [2.75, 3.05) is 13.1 Å². The number of pyridine rings is 1. The van der Waals surface area contributed by atoms with Gasteiger partial charge in [-0.15, -0.1) is 0 Å². The molecule has 154 valence electrons. The Morgan fingerprint density at radius 2 is 1.86 bits per heavy atom. The predicted molar refractivity (Wildman–Crippen MR) is 119 cm³/mol. The number of nitrogens with one attached hydrogen (secondary N) is 1. The summed E-state index contributed by atoms with van der Waals surface area (Å²) in [5.74, 6) is 0.0735. The molecule has 1 saturated heterocycles. The number of piperidine rings is 1. The fraction of sp³-hybridized carbons (Fsp3) is 0.400. The van der Waals surface area contributed by atoms with Gasteiger partial charge >= 0.3 is 0 Å². The molecule has 3 atom stereocenters. The van der Waals surface area contributed by atoms with E-state index in [1.54, 1.807) is 30.3 Å². The number of carbonyl (C=O) groups excluding carboxylic acids is 1. The number of hydrogen-bond donors (Lipinski definition) is 1. The number of benzene rings is 1. The smallest absolute Gasteiger partial charge is 0.253 e. The Kier molecular flexibility index (Phi) is 6.02. The summed E-state index contributed by atoms with van der Waals surface area (Å²) in [5, 5.41) is 2.90. The van der Waals surface area contributed by atoms with Gasteiger partial charge in [-0.1, -0.05) is 53.0 Å². The molecule has 5 nitrogen and oxygen atoms in total. The van der Waals surface area contributed by atoms with E-state index in [1.807, 2.05) is 21.6 Å². The number of amides is 1. The van der Waals surface area contributed by atoms with Gasteiger partial charge in [0.1, 0.15) is 6.17 Å². The van der Waals surface area contributed by atoms with Gasteiger partial charge in [-0.2, -0.15) is 0 Å². The van der Waals surface area contributed by atoms with E-state index in [0.717, 1.165) is 12.1 Å². The monoisotopic (exact) mass is 517 g/mol. The van der Waals surface area contributed by atoms with Gasteiger partial charge in [-0.3, -0.25) is 14.5 Å². The number of fused-ring (bicyclic) bond motifs is 4. The van der Waals surface area contributed by atoms with Gasteiger partial charge in [0.2, 0.25) is 3.79 Å². The number of halogens is 4. The minimum Gasteiger partial charge on any atom is -0.332 e. The van der Waals surface area contributed by atoms with Crippen LogP contribution in [0.25, 0.3) is 0 Å². The second kappa shape index (κ2) is 8.23. The van der Waals surface area contributed by atoms with Gasteiger partial charge < -0.3 is 9.88 Å². The number of rotatable bonds is 3. The molecule has 1 fully saturated rings. The van der Waals surface area contributed by atoms with Crippen molar-refractivity contribution in [3.63, 3.8) is 0 Å². The van der Waals surface area contributed by atoms with E-state index < -0.39 is 9.96 Å². The fourth-order valence-corrected chi connectivity index (χ4v) is 5.41. The third-order valence-electron chi connectivity index (χ3n) is 5.57. The Balaban J connectivity index is 1.60. The topological polar surface area (TPSA) is 54.3 Å². The summed E-state index contributed by atoms with van der Waals surface area (Å²) in [6.45, 7) is 1.85. The summed E-state index contributed by atoms with van der Waals surface area (Å²) in [7, 11) is 0. The van der Waals surface area contributed by atoms with Crippen molar-refractivity contribution in [2.24, 2.45) is 5.92 Å². The van der Waals surface area contributed by atoms with Crippen molar-refractivity contribution in [2.45, 2.75) is 28.8 Å². The lowest BCUT2D eigenvalue weighted by Gasteiger charge is -2.47. The summed E-state index contributed by atoms with van der Waals surface area (Å²) in [6, 6.07) is 12.5. The van der Waals surface area contributed by atoms with Gasteiger partial charge in [0.05, 0.1) is 5.56 Å². The Morgan fingerprint density at radius 1 is 1.10 bits per heavy atom. The van der Waals surface area contributed by atoms with Crippen molar-refractivity contribution in [1.29, 1.82) is 0 Å². The number of likely N-dealkylation sites (tertiary alicyclic amines) is 1. The first-order valence-corrected chi connectivity index (χ1v) is 11.2. The molecule has 2 aliphatic heterocycles. The Morgan fingerprint density at radius 3 is 2.59 bits per heavy atom. The predicted octanol–water partition coefficient (Wildman–Crippen LogP) is 4.16. The third kappa shape index (κ3) is 4.37. The second-order valence-corrected chi connectivity index (χ2v) is 10.8. The Labute approximate surface area is 192 Å². The van der Waals surface area contributed by atoms with Crippen LogP contribution in [0.3, 0.4) is 0 Å². The highest BCUT2D eigenvalue weighted by atomic mass is 79.9. The van der Waals surface area contributed by atoms with E-state index >= 15 is 0 Å². The van der Waals surface area contributed by atoms with E-state index in [0.29, 0.717) is 29.7 Å². The van der Waals surface area contributed by atoms with Crippen LogP contribution in [0, 0.1) is 5.92 Å². The van der Waals surface area contributed by atoms with Crippen molar-refractivity contribution in [1.82, 2.24) is 14.8 Å². The number of alkyl halides is 3. The highest BCUT2D eigenvalue weighted by Gasteiger charge is 2.44. The Hall–Kier alpha value is -1.05. The molecule has 0 unspecified atom stereocenters. The molecule has 9 heteroatoms. The van der Waals surface area contributed by atoms with Gasteiger partial charge in [-0.25, -0.2) is 0 Å². The zero-order valence-electron chi connectivity index (χ0n) is 15.3. The SMILES string of the molecule is O=C(N[C@@H](N1C[C@@H]2C[C@H](C1)c1cccc(=O)n1C2)C(Cl)(Cl)Cl)c1ccccc1Br. The number of hydrogen-bond acceptors (Lipinski definition) is 3. The zero-order chi connectivity index (χ0) is 20.8. The molecule has 2 aliphatic rings. The first-order chi connectivity index (χ1) is 13.7.